The molecule has 35 heteroatoms. The smallest absolute Gasteiger partial charge is 0.407 e. The second kappa shape index (κ2) is 47.2. The number of nitrogens with two attached hydrogens (primary N) is 1. The first-order valence-corrected chi connectivity index (χ1v) is 48.0. The molecule has 4 saturated heterocycles. The molecule has 2 bridgehead atoms. The Hall–Kier alpha value is -10.8. The van der Waals surface area contributed by atoms with Gasteiger partial charge in [-0.1, -0.05) is 70.2 Å². The lowest BCUT2D eigenvalue weighted by atomic mass is 9.81. The van der Waals surface area contributed by atoms with Gasteiger partial charge in [0, 0.05) is 190 Å². The number of cyclic esters (lactones) is 1. The number of alkyl carbamates (subject to hydrolysis) is 1. The molecule has 0 radical (unpaired) electrons. The molecule has 1 saturated carbocycles. The molecule has 2 aromatic carbocycles. The van der Waals surface area contributed by atoms with Crippen LogP contribution in [0.2, 0.25) is 0 Å². The Labute approximate surface area is 773 Å². The topological polar surface area (TPSA) is 427 Å². The van der Waals surface area contributed by atoms with E-state index >= 15 is 0 Å². The quantitative estimate of drug-likeness (QED) is 0.0176. The lowest BCUT2D eigenvalue weighted by molar-refractivity contribution is -0.265. The summed E-state index contributed by atoms with van der Waals surface area (Å²) in [6.45, 7) is 19.4. The van der Waals surface area contributed by atoms with Gasteiger partial charge in [-0.15, -0.1) is 0 Å². The second-order valence-electron chi connectivity index (χ2n) is 36.1. The molecule has 132 heavy (non-hydrogen) atoms. The predicted octanol–water partition coefficient (Wildman–Crippen LogP) is 8.89. The van der Waals surface area contributed by atoms with E-state index in [-0.39, 0.29) is 135 Å². The molecule has 34 nitrogen and oxygen atoms in total. The normalized spacial score (nSPS) is 27.1. The molecule has 1 aliphatic carbocycles. The lowest BCUT2D eigenvalue weighted by Crippen LogP contribution is -2.60. The minimum Gasteiger partial charge on any atom is -0.491 e. The molecule has 0 spiro atoms. The van der Waals surface area contributed by atoms with E-state index < -0.39 is 99.8 Å². The van der Waals surface area contributed by atoms with Crippen molar-refractivity contribution in [1.82, 2.24) is 55.2 Å². The highest BCUT2D eigenvalue weighted by molar-refractivity contribution is 7.91. The Bertz CT molecular complexity index is 5080. The zero-order valence-corrected chi connectivity index (χ0v) is 78.2. The number of rotatable bonds is 23. The van der Waals surface area contributed by atoms with E-state index in [2.05, 4.69) is 40.5 Å². The highest BCUT2D eigenvalue weighted by atomic mass is 32.2. The Balaban J connectivity index is 0.537. The summed E-state index contributed by atoms with van der Waals surface area (Å²) < 4.78 is 69.3. The Kier molecular flexibility index (Phi) is 35.8. The maximum absolute atomic E-state index is 14.6. The molecular weight excluding hydrogens is 1710 g/mol. The molecule has 714 valence electrons. The van der Waals surface area contributed by atoms with E-state index in [1.807, 2.05) is 90.1 Å². The van der Waals surface area contributed by atoms with Crippen LogP contribution < -0.4 is 30.9 Å². The number of aromatic nitrogens is 5. The van der Waals surface area contributed by atoms with E-state index in [4.69, 9.17) is 38.9 Å². The fourth-order valence-corrected chi connectivity index (χ4v) is 19.4. The van der Waals surface area contributed by atoms with Gasteiger partial charge < -0.3 is 84.2 Å². The number of nitrogens with zero attached hydrogens (tertiary/aromatic N) is 11. The van der Waals surface area contributed by atoms with Crippen molar-refractivity contribution in [2.75, 3.05) is 134 Å². The number of Topliss-reactive ketones (excluding diaryl/α,β-unsaturated/α-hetero) is 3. The number of pyridine rings is 1. The first kappa shape index (κ1) is 100. The first-order valence-electron chi connectivity index (χ1n) is 46.3. The molecule has 7 aliphatic rings. The minimum atomic E-state index is -3.86. The number of amides is 5. The van der Waals surface area contributed by atoms with Crippen LogP contribution in [0.25, 0.3) is 11.1 Å². The number of methoxy groups -OCH3 is 2. The van der Waals surface area contributed by atoms with E-state index in [1.54, 1.807) is 77.5 Å². The number of aliphatic hydroxyl groups excluding tert-OH is 1. The van der Waals surface area contributed by atoms with Crippen LogP contribution in [-0.4, -0.2) is 283 Å². The van der Waals surface area contributed by atoms with Gasteiger partial charge in [-0.3, -0.25) is 38.5 Å². The Morgan fingerprint density at radius 2 is 1.42 bits per heavy atom. The number of benzene rings is 2. The van der Waals surface area contributed by atoms with E-state index in [0.29, 0.717) is 176 Å². The summed E-state index contributed by atoms with van der Waals surface area (Å²) in [4.78, 5) is 158. The number of fused-ring (bicyclic) bond motifs is 4. The van der Waals surface area contributed by atoms with Crippen molar-refractivity contribution < 1.29 is 94.9 Å². The molecule has 5 aromatic rings. The average molecular weight is 1840 g/mol. The summed E-state index contributed by atoms with van der Waals surface area (Å²) in [5, 5.41) is 28.9. The van der Waals surface area contributed by atoms with E-state index in [9.17, 15) is 61.8 Å². The number of hydrogen-bond acceptors (Lipinski definition) is 29. The molecule has 6 aliphatic heterocycles. The third-order valence-electron chi connectivity index (χ3n) is 26.5. The fourth-order valence-electron chi connectivity index (χ4n) is 18.2. The molecular formula is C97H130N14O20S. The van der Waals surface area contributed by atoms with Crippen LogP contribution in [0.3, 0.4) is 0 Å². The number of esters is 1. The first-order chi connectivity index (χ1) is 63.3. The number of ketones is 3. The maximum atomic E-state index is 14.6. The number of carbonyl (C=O) groups excluding carboxylic acids is 9. The number of aliphatic hydroxyl groups is 2. The van der Waals surface area contributed by atoms with Gasteiger partial charge in [0.05, 0.1) is 66.8 Å². The number of piperazine rings is 2. The standard InChI is InChI=1S/C97H130N14O20S/c1-62-15-11-10-12-16-63(2)85(125-8)53-76-23-18-68(7)97(122,131-76)89(116)92(119)111-32-14-13-17-79(111)93(120)129-75(52-80(112)66(5)48-67(6)82(114)54-81(113)65(4)47-62)24-19-69-20-27-84(86(50-69)126-9)130-96(121)105-57-70-55-101-94(102-56-70)109-39-37-107(38-40-109)88(115)30-43-127-44-41-106-33-35-108(36-34-106)95-103-59-74(60-104-95)90(117)99-31-46-132(123,124)77-25-26-78(64(3)49-77)91(118)110-42-45-128-83-28-21-71(51-73(83)61-110)72-22-29-87(98)100-58-72/h10-12,15-16,21-22,25-26,28-29,48-49,51,55-56,58-60,62,65-66,68-69,75-76,79,82,84-86,114,122H,13-14,17-20,23-24,27,30-47,50,52-54,57,61H2,1-9H3,(H2,98,100)(H,99,117)(H,105,121)/b12-10+,15-11+,63-16+,67-48+/t62-,65-,66-,68-,69-,75-,76?,79+,82+,84-,85+,86-,97-/m1/s1. The molecule has 9 heterocycles. The minimum absolute atomic E-state index is 0.0113. The lowest BCUT2D eigenvalue weighted by Gasteiger charge is -2.42. The zero-order chi connectivity index (χ0) is 94.3. The number of hydrogen-bond donors (Lipinski definition) is 5. The number of nitrogens with one attached hydrogen (secondary N) is 2. The summed E-state index contributed by atoms with van der Waals surface area (Å²) in [6.07, 6.45) is 19.1. The van der Waals surface area contributed by atoms with Gasteiger partial charge in [0.2, 0.25) is 23.6 Å². The summed E-state index contributed by atoms with van der Waals surface area (Å²) in [6, 6.07) is 12.6. The summed E-state index contributed by atoms with van der Waals surface area (Å²) in [5.41, 5.74) is 11.4. The number of carbonyl (C=O) groups is 9. The third-order valence-corrected chi connectivity index (χ3v) is 28.2. The van der Waals surface area contributed by atoms with Gasteiger partial charge in [-0.2, -0.15) is 0 Å². The summed E-state index contributed by atoms with van der Waals surface area (Å²) in [5.74, 6) is -6.87. The van der Waals surface area contributed by atoms with Crippen molar-refractivity contribution in [3.05, 3.63) is 155 Å². The number of aryl methyl sites for hydroxylation is 1. The van der Waals surface area contributed by atoms with Crippen molar-refractivity contribution in [2.45, 2.75) is 211 Å². The van der Waals surface area contributed by atoms with Crippen LogP contribution in [0.15, 0.2) is 132 Å². The number of ether oxygens (including phenoxy) is 7. The van der Waals surface area contributed by atoms with Gasteiger partial charge >= 0.3 is 12.1 Å². The number of sulfone groups is 1. The molecule has 12 rings (SSSR count). The monoisotopic (exact) mass is 1840 g/mol. The van der Waals surface area contributed by atoms with Gasteiger partial charge in [-0.05, 0) is 168 Å². The van der Waals surface area contributed by atoms with Crippen LogP contribution in [0.5, 0.6) is 5.75 Å². The highest BCUT2D eigenvalue weighted by Crippen LogP contribution is 2.39. The molecule has 5 amide bonds. The van der Waals surface area contributed by atoms with Crippen LogP contribution in [0, 0.1) is 36.5 Å². The van der Waals surface area contributed by atoms with Crippen molar-refractivity contribution in [3.8, 4) is 16.9 Å². The van der Waals surface area contributed by atoms with E-state index in [1.165, 1.54) is 35.5 Å². The largest absolute Gasteiger partial charge is 0.491 e. The van der Waals surface area contributed by atoms with Gasteiger partial charge in [0.15, 0.2) is 9.84 Å². The van der Waals surface area contributed by atoms with Crippen LogP contribution in [0.1, 0.15) is 175 Å². The summed E-state index contributed by atoms with van der Waals surface area (Å²) >= 11 is 0. The molecule has 5 fully saturated rings. The predicted molar refractivity (Wildman–Crippen MR) is 492 cm³/mol. The van der Waals surface area contributed by atoms with Gasteiger partial charge in [0.25, 0.3) is 23.5 Å². The van der Waals surface area contributed by atoms with Crippen molar-refractivity contribution in [2.24, 2.45) is 29.6 Å². The van der Waals surface area contributed by atoms with Crippen LogP contribution in [-0.2, 0) is 80.1 Å². The third kappa shape index (κ3) is 27.0. The Morgan fingerprint density at radius 3 is 2.13 bits per heavy atom. The van der Waals surface area contributed by atoms with Gasteiger partial charge in [0.1, 0.15) is 48.0 Å². The number of anilines is 3. The average Bonchev–Trinajstić information content (AvgIpc) is 0.874. The van der Waals surface area contributed by atoms with Crippen LogP contribution >= 0.6 is 0 Å². The number of nitrogen functional groups attached to an aromatic ring is 1. The molecule has 1 unspecified atom stereocenters. The fraction of sp³-hybridized carbons (Fsp3) is 0.567. The molecule has 3 aromatic heterocycles. The van der Waals surface area contributed by atoms with Crippen molar-refractivity contribution >= 4 is 80.6 Å². The molecule has 6 N–H and O–H groups in total. The highest BCUT2D eigenvalue weighted by Gasteiger charge is 2.53. The van der Waals surface area contributed by atoms with Gasteiger partial charge in [-0.25, -0.2) is 42.9 Å². The SMILES string of the molecule is CO[C@H]1CC2CC[C@@H](C)[C@@](O)(O2)C(=O)C(=O)N2CCCC[C@H]2C(=O)O[C@H](CC[C@@H]2CC[C@@H](OC(=O)NCc3cnc(N4CCN(C(=O)CCOCCN5CCN(c6ncc(C(=O)NCCS(=O)(=O)c7ccc(C(=O)N8CCOc9ccc(-c%10ccc(N)nc%10)cc9C8)c(C)c7)cn6)CC5)CC4)nc3)[C@H](OC)C2)CC(=O)[C@H](C)/C=C(\C)[C@@H](O)CC(=O)[C@H](C)C[C@H](C)/C=C/C=C/C=C/1C. The molecule has 13 atom stereocenters. The summed E-state index contributed by atoms with van der Waals surface area (Å²) in [7, 11) is -0.744. The van der Waals surface area contributed by atoms with E-state index in [0.717, 1.165) is 22.3 Å². The second-order valence-corrected chi connectivity index (χ2v) is 38.2. The zero-order valence-electron chi connectivity index (χ0n) is 77.4. The van der Waals surface area contributed by atoms with Crippen LogP contribution in [0.4, 0.5) is 22.5 Å². The maximum Gasteiger partial charge on any atom is 0.407 e. The number of piperidine rings is 1. The number of allylic oxidation sites excluding steroid dienone is 6. The Morgan fingerprint density at radius 1 is 0.689 bits per heavy atom. The van der Waals surface area contributed by atoms with Crippen molar-refractivity contribution in [3.63, 3.8) is 0 Å². The van der Waals surface area contributed by atoms with Crippen molar-refractivity contribution in [1.29, 1.82) is 0 Å².